The fraction of sp³-hybridized carbons (Fsp3) is 0.600. The van der Waals surface area contributed by atoms with Gasteiger partial charge in [-0.3, -0.25) is 0 Å². The minimum atomic E-state index is -3.44. The van der Waals surface area contributed by atoms with E-state index in [9.17, 15) is 8.42 Å². The molecule has 0 radical (unpaired) electrons. The number of morpholine rings is 1. The fourth-order valence-electron chi connectivity index (χ4n) is 1.73. The summed E-state index contributed by atoms with van der Waals surface area (Å²) < 4.78 is 33.1. The van der Waals surface area contributed by atoms with Crippen molar-refractivity contribution in [3.8, 4) is 0 Å². The second-order valence-corrected chi connectivity index (χ2v) is 7.90. The molecule has 0 saturated carbocycles. The molecule has 1 aromatic rings. The highest BCUT2D eigenvalue weighted by molar-refractivity contribution is 9.10. The Kier molecular flexibility index (Phi) is 4.79. The molecule has 0 aromatic carbocycles. The smallest absolute Gasteiger partial charge is 0.251 e. The van der Waals surface area contributed by atoms with Gasteiger partial charge in [0, 0.05) is 24.1 Å². The summed E-state index contributed by atoms with van der Waals surface area (Å²) >= 11 is 4.42. The van der Waals surface area contributed by atoms with Crippen molar-refractivity contribution in [2.45, 2.75) is 10.3 Å². The first-order chi connectivity index (χ1) is 8.49. The van der Waals surface area contributed by atoms with E-state index in [1.165, 1.54) is 11.3 Å². The van der Waals surface area contributed by atoms with Crippen LogP contribution in [0.2, 0.25) is 0 Å². The molecule has 18 heavy (non-hydrogen) atoms. The molecule has 2 heterocycles. The number of hydrogen-bond acceptors (Lipinski definition) is 5. The SMILES string of the molecule is CN1CCOC(CNS(=O)(=O)c2sccc2Br)C1. The topological polar surface area (TPSA) is 58.6 Å². The third-order valence-corrected chi connectivity index (χ3v) is 6.76. The summed E-state index contributed by atoms with van der Waals surface area (Å²) in [5.41, 5.74) is 0. The van der Waals surface area contributed by atoms with Gasteiger partial charge in [-0.1, -0.05) is 0 Å². The third kappa shape index (κ3) is 3.52. The van der Waals surface area contributed by atoms with Crippen LogP contribution in [0.5, 0.6) is 0 Å². The van der Waals surface area contributed by atoms with Crippen LogP contribution in [0.25, 0.3) is 0 Å². The van der Waals surface area contributed by atoms with E-state index in [4.69, 9.17) is 4.74 Å². The predicted molar refractivity (Wildman–Crippen MR) is 74.4 cm³/mol. The summed E-state index contributed by atoms with van der Waals surface area (Å²) in [6, 6.07) is 1.73. The summed E-state index contributed by atoms with van der Waals surface area (Å²) in [5.74, 6) is 0. The number of nitrogens with zero attached hydrogens (tertiary/aromatic N) is 1. The Morgan fingerprint density at radius 2 is 2.44 bits per heavy atom. The summed E-state index contributed by atoms with van der Waals surface area (Å²) in [7, 11) is -1.44. The molecule has 1 aliphatic rings. The normalized spacial score (nSPS) is 22.2. The zero-order valence-electron chi connectivity index (χ0n) is 9.93. The van der Waals surface area contributed by atoms with E-state index in [2.05, 4.69) is 25.6 Å². The second-order valence-electron chi connectivity index (χ2n) is 4.16. The number of hydrogen-bond donors (Lipinski definition) is 1. The van der Waals surface area contributed by atoms with Crippen molar-refractivity contribution >= 4 is 37.3 Å². The third-order valence-electron chi connectivity index (χ3n) is 2.67. The van der Waals surface area contributed by atoms with Gasteiger partial charge in [0.05, 0.1) is 12.7 Å². The van der Waals surface area contributed by atoms with Gasteiger partial charge in [-0.15, -0.1) is 11.3 Å². The number of ether oxygens (including phenoxy) is 1. The molecule has 102 valence electrons. The van der Waals surface area contributed by atoms with Gasteiger partial charge in [-0.05, 0) is 34.4 Å². The lowest BCUT2D eigenvalue weighted by Gasteiger charge is -2.29. The Labute approximate surface area is 119 Å². The summed E-state index contributed by atoms with van der Waals surface area (Å²) in [5, 5.41) is 1.74. The maximum absolute atomic E-state index is 12.0. The molecule has 1 aromatic heterocycles. The molecular weight excluding hydrogens is 340 g/mol. The number of halogens is 1. The van der Waals surface area contributed by atoms with Gasteiger partial charge in [0.1, 0.15) is 4.21 Å². The van der Waals surface area contributed by atoms with Crippen molar-refractivity contribution in [1.29, 1.82) is 0 Å². The molecule has 0 bridgehead atoms. The van der Waals surface area contributed by atoms with Crippen LogP contribution in [-0.4, -0.2) is 52.7 Å². The van der Waals surface area contributed by atoms with E-state index < -0.39 is 10.0 Å². The first-order valence-corrected chi connectivity index (χ1v) is 8.67. The minimum Gasteiger partial charge on any atom is -0.374 e. The number of nitrogens with one attached hydrogen (secondary N) is 1. The molecule has 1 fully saturated rings. The first-order valence-electron chi connectivity index (χ1n) is 5.52. The Morgan fingerprint density at radius 3 is 3.06 bits per heavy atom. The Morgan fingerprint density at radius 1 is 1.67 bits per heavy atom. The molecule has 0 aliphatic carbocycles. The van der Waals surface area contributed by atoms with Crippen LogP contribution in [0.1, 0.15) is 0 Å². The molecule has 1 N–H and O–H groups in total. The van der Waals surface area contributed by atoms with Crippen LogP contribution in [0.15, 0.2) is 20.1 Å². The van der Waals surface area contributed by atoms with E-state index in [0.29, 0.717) is 21.8 Å². The lowest BCUT2D eigenvalue weighted by Crippen LogP contribution is -2.45. The molecular formula is C10H15BrN2O3S2. The van der Waals surface area contributed by atoms with Crippen molar-refractivity contribution in [2.75, 3.05) is 33.3 Å². The number of sulfonamides is 1. The quantitative estimate of drug-likeness (QED) is 0.880. The molecule has 8 heteroatoms. The van der Waals surface area contributed by atoms with Gasteiger partial charge >= 0.3 is 0 Å². The van der Waals surface area contributed by atoms with E-state index in [-0.39, 0.29) is 6.10 Å². The lowest BCUT2D eigenvalue weighted by molar-refractivity contribution is -0.0156. The fourth-order valence-corrected chi connectivity index (χ4v) is 5.18. The van der Waals surface area contributed by atoms with Crippen LogP contribution in [-0.2, 0) is 14.8 Å². The molecule has 5 nitrogen and oxygen atoms in total. The van der Waals surface area contributed by atoms with Crippen molar-refractivity contribution < 1.29 is 13.2 Å². The maximum atomic E-state index is 12.0. The molecule has 1 unspecified atom stereocenters. The Balaban J connectivity index is 1.95. The average Bonchev–Trinajstić information content (AvgIpc) is 2.74. The number of rotatable bonds is 4. The highest BCUT2D eigenvalue weighted by Gasteiger charge is 2.23. The van der Waals surface area contributed by atoms with E-state index in [1.807, 2.05) is 7.05 Å². The maximum Gasteiger partial charge on any atom is 0.251 e. The number of likely N-dealkylation sites (N-methyl/N-ethyl adjacent to an activating group) is 1. The van der Waals surface area contributed by atoms with Gasteiger partial charge in [0.25, 0.3) is 10.0 Å². The van der Waals surface area contributed by atoms with E-state index >= 15 is 0 Å². The van der Waals surface area contributed by atoms with Gasteiger partial charge in [0.15, 0.2) is 0 Å². The lowest BCUT2D eigenvalue weighted by atomic mass is 10.3. The van der Waals surface area contributed by atoms with Crippen molar-refractivity contribution in [2.24, 2.45) is 0 Å². The highest BCUT2D eigenvalue weighted by Crippen LogP contribution is 2.27. The zero-order valence-corrected chi connectivity index (χ0v) is 13.1. The molecule has 1 saturated heterocycles. The van der Waals surface area contributed by atoms with Crippen molar-refractivity contribution in [3.63, 3.8) is 0 Å². The van der Waals surface area contributed by atoms with Crippen LogP contribution >= 0.6 is 27.3 Å². The Hall–Kier alpha value is 0.01000. The standard InChI is InChI=1S/C10H15BrN2O3S2/c1-13-3-4-16-8(7-13)6-12-18(14,15)10-9(11)2-5-17-10/h2,5,8,12H,3-4,6-7H2,1H3. The summed E-state index contributed by atoms with van der Waals surface area (Å²) in [6.45, 7) is 2.58. The zero-order chi connectivity index (χ0) is 13.2. The van der Waals surface area contributed by atoms with Crippen LogP contribution in [0.3, 0.4) is 0 Å². The van der Waals surface area contributed by atoms with Crippen LogP contribution in [0, 0.1) is 0 Å². The molecule has 1 atom stereocenters. The number of thiophene rings is 1. The molecule has 0 spiro atoms. The second kappa shape index (κ2) is 5.98. The summed E-state index contributed by atoms with van der Waals surface area (Å²) in [6.07, 6.45) is -0.0859. The first kappa shape index (κ1) is 14.4. The van der Waals surface area contributed by atoms with Gasteiger partial charge in [0.2, 0.25) is 0 Å². The van der Waals surface area contributed by atoms with Gasteiger partial charge in [-0.2, -0.15) is 0 Å². The monoisotopic (exact) mass is 354 g/mol. The molecule has 2 rings (SSSR count). The van der Waals surface area contributed by atoms with Crippen molar-refractivity contribution in [1.82, 2.24) is 9.62 Å². The average molecular weight is 355 g/mol. The predicted octanol–water partition coefficient (Wildman–Crippen LogP) is 1.12. The molecule has 0 amide bonds. The van der Waals surface area contributed by atoms with Gasteiger partial charge < -0.3 is 9.64 Å². The summed E-state index contributed by atoms with van der Waals surface area (Å²) in [4.78, 5) is 2.13. The minimum absolute atomic E-state index is 0.0859. The van der Waals surface area contributed by atoms with Crippen LogP contribution < -0.4 is 4.72 Å². The largest absolute Gasteiger partial charge is 0.374 e. The Bertz CT molecular complexity index is 503. The van der Waals surface area contributed by atoms with Crippen LogP contribution in [0.4, 0.5) is 0 Å². The van der Waals surface area contributed by atoms with E-state index in [1.54, 1.807) is 11.4 Å². The van der Waals surface area contributed by atoms with E-state index in [0.717, 1.165) is 13.1 Å². The highest BCUT2D eigenvalue weighted by atomic mass is 79.9. The molecule has 1 aliphatic heterocycles. The van der Waals surface area contributed by atoms with Gasteiger partial charge in [-0.25, -0.2) is 13.1 Å². The van der Waals surface area contributed by atoms with Crippen molar-refractivity contribution in [3.05, 3.63) is 15.9 Å².